The average Bonchev–Trinajstić information content (AvgIpc) is 2.80. The number of carbonyl (C=O) groups is 1. The third-order valence-corrected chi connectivity index (χ3v) is 5.10. The Morgan fingerprint density at radius 1 is 1.00 bits per heavy atom. The summed E-state index contributed by atoms with van der Waals surface area (Å²) in [5.74, 6) is 0.136. The van der Waals surface area contributed by atoms with Crippen molar-refractivity contribution in [2.45, 2.75) is 13.0 Å². The van der Waals surface area contributed by atoms with Gasteiger partial charge in [0, 0.05) is 23.0 Å². The van der Waals surface area contributed by atoms with Gasteiger partial charge in [-0.05, 0) is 48.9 Å². The summed E-state index contributed by atoms with van der Waals surface area (Å²) in [4.78, 5) is 23.3. The van der Waals surface area contributed by atoms with Crippen molar-refractivity contribution in [1.82, 2.24) is 9.97 Å². The van der Waals surface area contributed by atoms with E-state index >= 15 is 0 Å². The quantitative estimate of drug-likeness (QED) is 0.331. The summed E-state index contributed by atoms with van der Waals surface area (Å²) < 4.78 is 14.0. The van der Waals surface area contributed by atoms with Crippen LogP contribution >= 0.6 is 11.6 Å². The summed E-state index contributed by atoms with van der Waals surface area (Å²) in [7, 11) is 0. The first-order chi connectivity index (χ1) is 16.0. The van der Waals surface area contributed by atoms with Crippen molar-refractivity contribution in [1.29, 1.82) is 0 Å². The van der Waals surface area contributed by atoms with Crippen LogP contribution in [0.25, 0.3) is 0 Å². The Morgan fingerprint density at radius 3 is 2.55 bits per heavy atom. The number of rotatable bonds is 6. The highest BCUT2D eigenvalue weighted by molar-refractivity contribution is 6.31. The predicted octanol–water partition coefficient (Wildman–Crippen LogP) is 6.81. The van der Waals surface area contributed by atoms with Crippen LogP contribution in [0.1, 0.15) is 18.5 Å². The fraction of sp³-hybridized carbons (Fsp3) is 0.0800. The molecule has 0 aliphatic rings. The second-order valence-corrected chi connectivity index (χ2v) is 7.71. The van der Waals surface area contributed by atoms with E-state index in [0.29, 0.717) is 22.3 Å². The van der Waals surface area contributed by atoms with Crippen LogP contribution in [0.15, 0.2) is 91.1 Å². The first kappa shape index (κ1) is 22.2. The molecule has 4 aromatic rings. The van der Waals surface area contributed by atoms with E-state index in [0.717, 1.165) is 5.56 Å². The first-order valence-corrected chi connectivity index (χ1v) is 10.6. The van der Waals surface area contributed by atoms with Crippen molar-refractivity contribution in [3.05, 3.63) is 108 Å². The van der Waals surface area contributed by atoms with Crippen LogP contribution in [0, 0.1) is 5.82 Å². The largest absolute Gasteiger partial charge is 0.348 e. The van der Waals surface area contributed by atoms with Gasteiger partial charge in [-0.25, -0.2) is 19.1 Å². The Balaban J connectivity index is 1.65. The van der Waals surface area contributed by atoms with E-state index < -0.39 is 11.8 Å². The van der Waals surface area contributed by atoms with E-state index in [-0.39, 0.29) is 11.9 Å². The highest BCUT2D eigenvalue weighted by Crippen LogP contribution is 2.27. The number of anilines is 4. The van der Waals surface area contributed by atoms with Gasteiger partial charge >= 0.3 is 6.03 Å². The molecule has 0 saturated carbocycles. The van der Waals surface area contributed by atoms with E-state index in [4.69, 9.17) is 11.6 Å². The second-order valence-electron chi connectivity index (χ2n) is 7.27. The molecule has 2 N–H and O–H groups in total. The minimum atomic E-state index is -0.524. The molecule has 0 spiro atoms. The molecule has 3 aromatic carbocycles. The van der Waals surface area contributed by atoms with Crippen molar-refractivity contribution in [3.63, 3.8) is 0 Å². The van der Waals surface area contributed by atoms with Gasteiger partial charge in [0.1, 0.15) is 11.6 Å². The number of halogens is 2. The standard InChI is InChI=1S/C25H21ClFN5O/c1-17(18-7-3-2-4-8-18)29-24-28-14-13-23(31-24)32(22-12-6-10-20(27)16-22)25(33)30-21-11-5-9-19(26)15-21/h2-17H,1H3,(H,30,33)(H,28,29,31). The molecule has 0 bridgehead atoms. The highest BCUT2D eigenvalue weighted by atomic mass is 35.5. The fourth-order valence-corrected chi connectivity index (χ4v) is 3.47. The SMILES string of the molecule is CC(Nc1nccc(N(C(=O)Nc2cccc(Cl)c2)c2cccc(F)c2)n1)c1ccccc1. The Hall–Kier alpha value is -3.97. The number of urea groups is 1. The molecule has 0 aliphatic heterocycles. The number of nitrogens with one attached hydrogen (secondary N) is 2. The molecule has 33 heavy (non-hydrogen) atoms. The number of hydrogen-bond acceptors (Lipinski definition) is 4. The lowest BCUT2D eigenvalue weighted by atomic mass is 10.1. The fourth-order valence-electron chi connectivity index (χ4n) is 3.28. The van der Waals surface area contributed by atoms with E-state index in [9.17, 15) is 9.18 Å². The number of benzene rings is 3. The van der Waals surface area contributed by atoms with Gasteiger partial charge in [-0.1, -0.05) is 54.1 Å². The normalized spacial score (nSPS) is 11.5. The van der Waals surface area contributed by atoms with Crippen LogP contribution in [0.5, 0.6) is 0 Å². The third kappa shape index (κ3) is 5.64. The maximum Gasteiger partial charge on any atom is 0.332 e. The van der Waals surface area contributed by atoms with E-state index in [2.05, 4.69) is 20.6 Å². The maximum absolute atomic E-state index is 14.0. The number of nitrogens with zero attached hydrogens (tertiary/aromatic N) is 3. The lowest BCUT2D eigenvalue weighted by Gasteiger charge is -2.23. The van der Waals surface area contributed by atoms with Crippen molar-refractivity contribution in [2.75, 3.05) is 15.5 Å². The number of amides is 2. The average molecular weight is 462 g/mol. The zero-order valence-corrected chi connectivity index (χ0v) is 18.5. The molecule has 0 radical (unpaired) electrons. The minimum absolute atomic E-state index is 0.0654. The minimum Gasteiger partial charge on any atom is -0.348 e. The number of hydrogen-bond donors (Lipinski definition) is 2. The van der Waals surface area contributed by atoms with Crippen LogP contribution in [-0.2, 0) is 0 Å². The number of aromatic nitrogens is 2. The molecule has 166 valence electrons. The number of carbonyl (C=O) groups excluding carboxylic acids is 1. The summed E-state index contributed by atoms with van der Waals surface area (Å²) in [6.45, 7) is 1.99. The molecule has 4 rings (SSSR count). The van der Waals surface area contributed by atoms with Crippen molar-refractivity contribution >= 4 is 40.8 Å². The molecular weight excluding hydrogens is 441 g/mol. The van der Waals surface area contributed by atoms with Crippen LogP contribution in [0.2, 0.25) is 5.02 Å². The van der Waals surface area contributed by atoms with Crippen molar-refractivity contribution < 1.29 is 9.18 Å². The zero-order chi connectivity index (χ0) is 23.2. The highest BCUT2D eigenvalue weighted by Gasteiger charge is 2.21. The predicted molar refractivity (Wildman–Crippen MR) is 130 cm³/mol. The van der Waals surface area contributed by atoms with Gasteiger partial charge in [-0.15, -0.1) is 0 Å². The molecule has 0 saturated heterocycles. The topological polar surface area (TPSA) is 70.2 Å². The second kappa shape index (κ2) is 10.1. The zero-order valence-electron chi connectivity index (χ0n) is 17.7. The van der Waals surface area contributed by atoms with E-state index in [1.165, 1.54) is 23.1 Å². The summed E-state index contributed by atoms with van der Waals surface area (Å²) in [6, 6.07) is 23.3. The third-order valence-electron chi connectivity index (χ3n) is 4.86. The van der Waals surface area contributed by atoms with Gasteiger partial charge in [0.25, 0.3) is 0 Å². The maximum atomic E-state index is 14.0. The van der Waals surface area contributed by atoms with Crippen LogP contribution < -0.4 is 15.5 Å². The summed E-state index contributed by atoms with van der Waals surface area (Å²) >= 11 is 6.04. The van der Waals surface area contributed by atoms with Crippen molar-refractivity contribution in [2.24, 2.45) is 0 Å². The van der Waals surface area contributed by atoms with Gasteiger partial charge < -0.3 is 10.6 Å². The van der Waals surface area contributed by atoms with Crippen LogP contribution in [-0.4, -0.2) is 16.0 Å². The van der Waals surface area contributed by atoms with Gasteiger partial charge in [-0.2, -0.15) is 4.98 Å². The van der Waals surface area contributed by atoms with Gasteiger partial charge in [0.15, 0.2) is 0 Å². The molecule has 2 amide bonds. The lowest BCUT2D eigenvalue weighted by Crippen LogP contribution is -2.31. The molecular formula is C25H21ClFN5O. The van der Waals surface area contributed by atoms with Gasteiger partial charge in [0.05, 0.1) is 11.7 Å². The Labute approximate surface area is 196 Å². The van der Waals surface area contributed by atoms with Crippen molar-refractivity contribution in [3.8, 4) is 0 Å². The van der Waals surface area contributed by atoms with E-state index in [1.807, 2.05) is 37.3 Å². The first-order valence-electron chi connectivity index (χ1n) is 10.3. The smallest absolute Gasteiger partial charge is 0.332 e. The Kier molecular flexibility index (Phi) is 6.80. The molecule has 1 aromatic heterocycles. The summed E-state index contributed by atoms with van der Waals surface area (Å²) in [5, 5.41) is 6.51. The summed E-state index contributed by atoms with van der Waals surface area (Å²) in [6.07, 6.45) is 1.54. The Bertz CT molecular complexity index is 1250. The Morgan fingerprint density at radius 2 is 1.79 bits per heavy atom. The lowest BCUT2D eigenvalue weighted by molar-refractivity contribution is 0.259. The van der Waals surface area contributed by atoms with E-state index in [1.54, 1.807) is 42.6 Å². The van der Waals surface area contributed by atoms with Gasteiger partial charge in [0.2, 0.25) is 5.95 Å². The molecule has 1 unspecified atom stereocenters. The molecule has 1 atom stereocenters. The molecule has 8 heteroatoms. The molecule has 0 aliphatic carbocycles. The molecule has 0 fully saturated rings. The van der Waals surface area contributed by atoms with Crippen LogP contribution in [0.3, 0.4) is 0 Å². The monoisotopic (exact) mass is 461 g/mol. The molecule has 1 heterocycles. The summed E-state index contributed by atoms with van der Waals surface area (Å²) in [5.41, 5.74) is 1.88. The van der Waals surface area contributed by atoms with Gasteiger partial charge in [-0.3, -0.25) is 0 Å². The molecule has 6 nitrogen and oxygen atoms in total. The van der Waals surface area contributed by atoms with Crippen LogP contribution in [0.4, 0.5) is 32.3 Å².